The summed E-state index contributed by atoms with van der Waals surface area (Å²) in [5.41, 5.74) is 3.49. The van der Waals surface area contributed by atoms with Crippen molar-refractivity contribution in [3.63, 3.8) is 0 Å². The number of nitrogens with zero attached hydrogens (tertiary/aromatic N) is 2. The Kier molecular flexibility index (Phi) is 6.42. The molecule has 1 unspecified atom stereocenters. The number of methoxy groups -OCH3 is 1. The van der Waals surface area contributed by atoms with Crippen LogP contribution in [0.15, 0.2) is 42.5 Å². The number of hydrogen-bond donors (Lipinski definition) is 0. The van der Waals surface area contributed by atoms with E-state index in [4.69, 9.17) is 4.74 Å². The molecule has 1 amide bonds. The normalized spacial score (nSPS) is 23.2. The second-order valence-electron chi connectivity index (χ2n) is 9.80. The fourth-order valence-electron chi connectivity index (χ4n) is 5.93. The Bertz CT molecular complexity index is 1030. The predicted octanol–water partition coefficient (Wildman–Crippen LogP) is 5.49. The van der Waals surface area contributed by atoms with E-state index in [1.807, 2.05) is 6.07 Å². The third-order valence-corrected chi connectivity index (χ3v) is 7.87. The second-order valence-corrected chi connectivity index (χ2v) is 9.80. The van der Waals surface area contributed by atoms with Gasteiger partial charge in [0.2, 0.25) is 5.91 Å². The van der Waals surface area contributed by atoms with Gasteiger partial charge in [-0.1, -0.05) is 24.3 Å². The van der Waals surface area contributed by atoms with E-state index >= 15 is 0 Å². The summed E-state index contributed by atoms with van der Waals surface area (Å²) in [6.07, 6.45) is -0.651. The first kappa shape index (κ1) is 23.4. The van der Waals surface area contributed by atoms with E-state index in [0.29, 0.717) is 12.5 Å². The molecule has 4 nitrogen and oxygen atoms in total. The number of piperidine rings is 2. The smallest absolute Gasteiger partial charge is 0.383 e. The van der Waals surface area contributed by atoms with E-state index < -0.39 is 11.7 Å². The first-order valence-electron chi connectivity index (χ1n) is 12.2. The van der Waals surface area contributed by atoms with Gasteiger partial charge in [-0.3, -0.25) is 4.79 Å². The molecule has 2 atom stereocenters. The van der Waals surface area contributed by atoms with Crippen LogP contribution in [0.2, 0.25) is 0 Å². The summed E-state index contributed by atoms with van der Waals surface area (Å²) in [4.78, 5) is 18.0. The zero-order valence-electron chi connectivity index (χ0n) is 19.5. The van der Waals surface area contributed by atoms with Crippen LogP contribution in [0.5, 0.6) is 0 Å². The third kappa shape index (κ3) is 4.48. The molecular weight excluding hydrogens is 441 g/mol. The minimum absolute atomic E-state index is 0.0671. The average Bonchev–Trinajstić information content (AvgIpc) is 3.13. The van der Waals surface area contributed by atoms with Gasteiger partial charge < -0.3 is 14.5 Å². The van der Waals surface area contributed by atoms with Gasteiger partial charge in [-0.15, -0.1) is 0 Å². The summed E-state index contributed by atoms with van der Waals surface area (Å²) in [5, 5.41) is 0. The molecule has 2 fully saturated rings. The van der Waals surface area contributed by atoms with Crippen LogP contribution in [0.4, 0.5) is 13.2 Å². The number of hydrogen-bond acceptors (Lipinski definition) is 3. The summed E-state index contributed by atoms with van der Waals surface area (Å²) in [6, 6.07) is 11.6. The summed E-state index contributed by atoms with van der Waals surface area (Å²) in [7, 11) is 1.71. The third-order valence-electron chi connectivity index (χ3n) is 7.87. The number of carbonyl (C=O) groups excluding carboxylic acids is 1. The lowest BCUT2D eigenvalue weighted by molar-refractivity contribution is -0.141. The Balaban J connectivity index is 1.33. The molecule has 2 aromatic rings. The zero-order chi connectivity index (χ0) is 23.9. The molecule has 3 aliphatic rings. The number of likely N-dealkylation sites (tertiary alicyclic amines) is 2. The van der Waals surface area contributed by atoms with Gasteiger partial charge in [-0.05, 0) is 85.1 Å². The van der Waals surface area contributed by atoms with E-state index in [0.717, 1.165) is 75.1 Å². The summed E-state index contributed by atoms with van der Waals surface area (Å²) < 4.78 is 44.0. The van der Waals surface area contributed by atoms with Gasteiger partial charge in [0.15, 0.2) is 0 Å². The van der Waals surface area contributed by atoms with Crippen molar-refractivity contribution in [2.75, 3.05) is 39.9 Å². The maximum absolute atomic E-state index is 13.5. The van der Waals surface area contributed by atoms with Crippen molar-refractivity contribution >= 4 is 5.91 Å². The van der Waals surface area contributed by atoms with Crippen molar-refractivity contribution in [1.82, 2.24) is 9.80 Å². The summed E-state index contributed by atoms with van der Waals surface area (Å²) in [5.74, 6) is 0.793. The number of ether oxygens (including phenoxy) is 1. The highest BCUT2D eigenvalue weighted by molar-refractivity contribution is 5.80. The van der Waals surface area contributed by atoms with Crippen LogP contribution in [-0.4, -0.2) is 55.6 Å². The largest absolute Gasteiger partial charge is 0.416 e. The number of amides is 1. The monoisotopic (exact) mass is 472 g/mol. The van der Waals surface area contributed by atoms with Crippen LogP contribution in [-0.2, 0) is 15.7 Å². The summed E-state index contributed by atoms with van der Waals surface area (Å²) in [6.45, 7) is 4.26. The first-order valence-corrected chi connectivity index (χ1v) is 12.2. The maximum atomic E-state index is 13.5. The van der Waals surface area contributed by atoms with Crippen LogP contribution >= 0.6 is 0 Å². The SMILES string of the molecule is COCCN1CCC(C(=O)N2CC[C@@H]3CC2c2cc(-c4ccc(C(F)(F)F)cc4)ccc23)CC1. The Morgan fingerprint density at radius 2 is 1.68 bits per heavy atom. The standard InChI is InChI=1S/C27H31F3N2O2/c1-34-15-14-31-11-8-19(9-12-31)26(33)32-13-10-21-17-25(32)24-16-20(4-7-23(21)24)18-2-5-22(6-3-18)27(28,29)30/h2-7,16,19,21,25H,8-15,17H2,1H3/t21-,25?/m1/s1. The lowest BCUT2D eigenvalue weighted by atomic mass is 9.91. The van der Waals surface area contributed by atoms with Crippen molar-refractivity contribution in [3.05, 3.63) is 59.2 Å². The molecule has 5 rings (SSSR count). The Labute approximate surface area is 198 Å². The van der Waals surface area contributed by atoms with Gasteiger partial charge in [0.25, 0.3) is 0 Å². The Morgan fingerprint density at radius 3 is 2.35 bits per heavy atom. The van der Waals surface area contributed by atoms with Crippen molar-refractivity contribution < 1.29 is 22.7 Å². The van der Waals surface area contributed by atoms with Crippen molar-refractivity contribution in [2.24, 2.45) is 5.92 Å². The first-order chi connectivity index (χ1) is 16.3. The summed E-state index contributed by atoms with van der Waals surface area (Å²) >= 11 is 0. The second kappa shape index (κ2) is 9.34. The van der Waals surface area contributed by atoms with Crippen molar-refractivity contribution in [3.8, 4) is 11.1 Å². The number of halogens is 3. The minimum atomic E-state index is -4.34. The van der Waals surface area contributed by atoms with Crippen molar-refractivity contribution in [1.29, 1.82) is 0 Å². The topological polar surface area (TPSA) is 32.8 Å². The van der Waals surface area contributed by atoms with Crippen LogP contribution in [0, 0.1) is 5.92 Å². The molecule has 1 aliphatic carbocycles. The number of rotatable bonds is 5. The van der Waals surface area contributed by atoms with E-state index in [9.17, 15) is 18.0 Å². The molecule has 7 heteroatoms. The molecule has 2 bridgehead atoms. The number of fused-ring (bicyclic) bond motifs is 5. The molecule has 2 aliphatic heterocycles. The molecular formula is C27H31F3N2O2. The van der Waals surface area contributed by atoms with Gasteiger partial charge in [0, 0.05) is 26.1 Å². The van der Waals surface area contributed by atoms with E-state index in [2.05, 4.69) is 21.9 Å². The maximum Gasteiger partial charge on any atom is 0.416 e. The fraction of sp³-hybridized carbons (Fsp3) is 0.519. The number of benzene rings is 2. The zero-order valence-corrected chi connectivity index (χ0v) is 19.5. The molecule has 0 aromatic heterocycles. The van der Waals surface area contributed by atoms with E-state index in [1.54, 1.807) is 7.11 Å². The molecule has 0 saturated carbocycles. The molecule has 0 spiro atoms. The lowest BCUT2D eigenvalue weighted by Gasteiger charge is -2.39. The van der Waals surface area contributed by atoms with Gasteiger partial charge in [0.05, 0.1) is 18.2 Å². The van der Waals surface area contributed by atoms with E-state index in [-0.39, 0.29) is 17.9 Å². The quantitative estimate of drug-likeness (QED) is 0.577. The highest BCUT2D eigenvalue weighted by atomic mass is 19.4. The molecule has 2 aromatic carbocycles. The predicted molar refractivity (Wildman–Crippen MR) is 124 cm³/mol. The minimum Gasteiger partial charge on any atom is -0.383 e. The molecule has 0 radical (unpaired) electrons. The van der Waals surface area contributed by atoms with Gasteiger partial charge in [-0.25, -0.2) is 0 Å². The van der Waals surface area contributed by atoms with Crippen LogP contribution in [0.25, 0.3) is 11.1 Å². The van der Waals surface area contributed by atoms with Gasteiger partial charge in [-0.2, -0.15) is 13.2 Å². The molecule has 182 valence electrons. The Morgan fingerprint density at radius 1 is 0.971 bits per heavy atom. The van der Waals surface area contributed by atoms with Crippen LogP contribution in [0.1, 0.15) is 54.3 Å². The molecule has 2 saturated heterocycles. The number of alkyl halides is 3. The number of carbonyl (C=O) groups is 1. The Hall–Kier alpha value is -2.38. The van der Waals surface area contributed by atoms with E-state index in [1.165, 1.54) is 23.3 Å². The molecule has 2 heterocycles. The van der Waals surface area contributed by atoms with Gasteiger partial charge >= 0.3 is 6.18 Å². The average molecular weight is 473 g/mol. The molecule has 0 N–H and O–H groups in total. The fourth-order valence-corrected chi connectivity index (χ4v) is 5.93. The van der Waals surface area contributed by atoms with Crippen molar-refractivity contribution in [2.45, 2.75) is 43.8 Å². The molecule has 34 heavy (non-hydrogen) atoms. The van der Waals surface area contributed by atoms with Crippen LogP contribution < -0.4 is 0 Å². The highest BCUT2D eigenvalue weighted by Crippen LogP contribution is 2.50. The lowest BCUT2D eigenvalue weighted by Crippen LogP contribution is -2.45. The van der Waals surface area contributed by atoms with Gasteiger partial charge in [0.1, 0.15) is 0 Å². The van der Waals surface area contributed by atoms with Crippen LogP contribution in [0.3, 0.4) is 0 Å². The highest BCUT2D eigenvalue weighted by Gasteiger charge is 2.42.